The molecule has 1 N–H and O–H groups in total. The molecule has 0 bridgehead atoms. The lowest BCUT2D eigenvalue weighted by Crippen LogP contribution is -2.14. The third-order valence-electron chi connectivity index (χ3n) is 2.81. The molecule has 0 saturated carbocycles. The van der Waals surface area contributed by atoms with Gasteiger partial charge in [0.1, 0.15) is 0 Å². The van der Waals surface area contributed by atoms with Crippen molar-refractivity contribution in [1.29, 1.82) is 0 Å². The van der Waals surface area contributed by atoms with Gasteiger partial charge in [-0.15, -0.1) is 0 Å². The Bertz CT molecular complexity index is 487. The Morgan fingerprint density at radius 3 is 3.00 bits per heavy atom. The predicted molar refractivity (Wildman–Crippen MR) is 63.9 cm³/mol. The molecule has 0 fully saturated rings. The quantitative estimate of drug-likeness (QED) is 0.794. The third kappa shape index (κ3) is 1.86. The minimum atomic E-state index is -2.20. The molecule has 0 amide bonds. The first-order valence-corrected chi connectivity index (χ1v) is 7.03. The smallest absolute Gasteiger partial charge is 0.0723 e. The van der Waals surface area contributed by atoms with Crippen molar-refractivity contribution < 1.29 is 4.21 Å². The zero-order valence-electron chi connectivity index (χ0n) is 9.12. The number of nitrogens with zero attached hydrogens (tertiary/aromatic N) is 1. The van der Waals surface area contributed by atoms with Crippen LogP contribution in [0.4, 0.5) is 5.69 Å². The summed E-state index contributed by atoms with van der Waals surface area (Å²) in [4.78, 5) is 0.898. The van der Waals surface area contributed by atoms with Crippen LogP contribution < -0.4 is 5.32 Å². The molecule has 1 aromatic carbocycles. The fourth-order valence-corrected chi connectivity index (χ4v) is 3.13. The molecule has 1 aliphatic heterocycles. The van der Waals surface area contributed by atoms with Crippen LogP contribution in [-0.2, 0) is 16.1 Å². The number of hydrogen-bond acceptors (Lipinski definition) is 3. The van der Waals surface area contributed by atoms with Crippen molar-refractivity contribution in [3.05, 3.63) is 23.8 Å². The fourth-order valence-electron chi connectivity index (χ4n) is 1.93. The zero-order valence-corrected chi connectivity index (χ0v) is 9.93. The summed E-state index contributed by atoms with van der Waals surface area (Å²) in [5.41, 5.74) is 2.30. The van der Waals surface area contributed by atoms with Crippen LogP contribution in [0.1, 0.15) is 12.0 Å². The number of benzene rings is 1. The van der Waals surface area contributed by atoms with Gasteiger partial charge in [0.2, 0.25) is 0 Å². The van der Waals surface area contributed by atoms with Crippen LogP contribution in [0.5, 0.6) is 0 Å². The Labute approximate surface area is 91.1 Å². The molecule has 1 aromatic rings. The highest BCUT2D eigenvalue weighted by Gasteiger charge is 2.16. The molecule has 0 saturated heterocycles. The molecule has 4 heteroatoms. The van der Waals surface area contributed by atoms with Crippen molar-refractivity contribution in [1.82, 2.24) is 0 Å². The monoisotopic (exact) mass is 224 g/mol. The number of fused-ring (bicyclic) bond motifs is 1. The maximum Gasteiger partial charge on any atom is 0.0723 e. The van der Waals surface area contributed by atoms with Crippen LogP contribution in [0.15, 0.2) is 27.5 Å². The highest BCUT2D eigenvalue weighted by atomic mass is 32.2. The standard InChI is InChI=1S/C11H16N2OS/c1-12-15(2,14)11-7-3-6-10-9(11)5-4-8-13-10/h3,6-7,13H,4-5,8H2,1-2H3/t15-/m0/s1. The largest absolute Gasteiger partial charge is 0.385 e. The molecule has 0 aliphatic carbocycles. The van der Waals surface area contributed by atoms with Crippen molar-refractivity contribution in [2.75, 3.05) is 25.2 Å². The van der Waals surface area contributed by atoms with E-state index in [4.69, 9.17) is 0 Å². The number of hydrogen-bond donors (Lipinski definition) is 1. The SMILES string of the molecule is CN=[S@@](C)(=O)c1cccc2c1CCCN2. The average Bonchev–Trinajstić information content (AvgIpc) is 2.28. The lowest BCUT2D eigenvalue weighted by molar-refractivity contribution is 0.678. The van der Waals surface area contributed by atoms with E-state index < -0.39 is 9.73 Å². The van der Waals surface area contributed by atoms with Gasteiger partial charge in [-0.25, -0.2) is 8.57 Å². The molecule has 15 heavy (non-hydrogen) atoms. The van der Waals surface area contributed by atoms with E-state index in [9.17, 15) is 4.21 Å². The Morgan fingerprint density at radius 2 is 2.27 bits per heavy atom. The summed E-state index contributed by atoms with van der Waals surface area (Å²) in [5.74, 6) is 0. The second-order valence-corrected chi connectivity index (χ2v) is 6.21. The summed E-state index contributed by atoms with van der Waals surface area (Å²) >= 11 is 0. The van der Waals surface area contributed by atoms with Gasteiger partial charge in [0.25, 0.3) is 0 Å². The van der Waals surface area contributed by atoms with Gasteiger partial charge in [-0.1, -0.05) is 6.07 Å². The van der Waals surface area contributed by atoms with Crippen molar-refractivity contribution in [2.45, 2.75) is 17.7 Å². The molecule has 1 aliphatic rings. The topological polar surface area (TPSA) is 41.5 Å². The van der Waals surface area contributed by atoms with Crippen LogP contribution in [0.2, 0.25) is 0 Å². The van der Waals surface area contributed by atoms with Gasteiger partial charge < -0.3 is 5.32 Å². The molecular formula is C11H16N2OS. The predicted octanol–water partition coefficient (Wildman–Crippen LogP) is 2.13. The molecule has 0 aromatic heterocycles. The molecule has 0 spiro atoms. The summed E-state index contributed by atoms with van der Waals surface area (Å²) in [6, 6.07) is 5.92. The van der Waals surface area contributed by atoms with Gasteiger partial charge in [0.15, 0.2) is 0 Å². The van der Waals surface area contributed by atoms with Gasteiger partial charge in [-0.05, 0) is 30.5 Å². The number of nitrogens with one attached hydrogen (secondary N) is 1. The molecule has 1 heterocycles. The lowest BCUT2D eigenvalue weighted by Gasteiger charge is -2.21. The van der Waals surface area contributed by atoms with Gasteiger partial charge in [-0.2, -0.15) is 0 Å². The summed E-state index contributed by atoms with van der Waals surface area (Å²) in [6.45, 7) is 1.00. The van der Waals surface area contributed by atoms with Crippen molar-refractivity contribution in [3.63, 3.8) is 0 Å². The van der Waals surface area contributed by atoms with E-state index in [-0.39, 0.29) is 0 Å². The molecule has 3 nitrogen and oxygen atoms in total. The molecule has 82 valence electrons. The van der Waals surface area contributed by atoms with E-state index in [1.165, 1.54) is 5.56 Å². The summed E-state index contributed by atoms with van der Waals surface area (Å²) < 4.78 is 16.2. The van der Waals surface area contributed by atoms with Crippen molar-refractivity contribution in [3.8, 4) is 0 Å². The third-order valence-corrected chi connectivity index (χ3v) is 4.70. The van der Waals surface area contributed by atoms with Crippen LogP contribution in [0.25, 0.3) is 0 Å². The number of rotatable bonds is 1. The van der Waals surface area contributed by atoms with E-state index in [0.717, 1.165) is 30.0 Å². The highest BCUT2D eigenvalue weighted by Crippen LogP contribution is 2.28. The van der Waals surface area contributed by atoms with Gasteiger partial charge in [0, 0.05) is 25.5 Å². The molecule has 2 rings (SSSR count). The lowest BCUT2D eigenvalue weighted by atomic mass is 10.0. The van der Waals surface area contributed by atoms with Gasteiger partial charge in [0.05, 0.1) is 14.6 Å². The summed E-state index contributed by atoms with van der Waals surface area (Å²) in [7, 11) is -0.582. The Hall–Kier alpha value is -1.03. The molecule has 0 unspecified atom stereocenters. The van der Waals surface area contributed by atoms with E-state index in [1.54, 1.807) is 13.3 Å². The molecular weight excluding hydrogens is 208 g/mol. The van der Waals surface area contributed by atoms with Gasteiger partial charge >= 0.3 is 0 Å². The maximum absolute atomic E-state index is 12.2. The first-order chi connectivity index (χ1) is 7.15. The second-order valence-electron chi connectivity index (χ2n) is 3.80. The molecule has 1 atom stereocenters. The van der Waals surface area contributed by atoms with Crippen LogP contribution in [0.3, 0.4) is 0 Å². The molecule has 0 radical (unpaired) electrons. The Kier molecular flexibility index (Phi) is 2.69. The van der Waals surface area contributed by atoms with E-state index in [1.807, 2.05) is 18.2 Å². The number of anilines is 1. The normalized spacial score (nSPS) is 18.5. The Balaban J connectivity index is 2.63. The fraction of sp³-hybridized carbons (Fsp3) is 0.455. The van der Waals surface area contributed by atoms with Crippen LogP contribution in [-0.4, -0.2) is 24.1 Å². The zero-order chi connectivity index (χ0) is 10.9. The Morgan fingerprint density at radius 1 is 1.47 bits per heavy atom. The van der Waals surface area contributed by atoms with Crippen molar-refractivity contribution >= 4 is 15.4 Å². The van der Waals surface area contributed by atoms with Gasteiger partial charge in [-0.3, -0.25) is 0 Å². The van der Waals surface area contributed by atoms with E-state index in [0.29, 0.717) is 0 Å². The minimum Gasteiger partial charge on any atom is -0.385 e. The first-order valence-electron chi connectivity index (χ1n) is 5.11. The van der Waals surface area contributed by atoms with E-state index in [2.05, 4.69) is 9.68 Å². The van der Waals surface area contributed by atoms with Crippen molar-refractivity contribution in [2.24, 2.45) is 4.36 Å². The summed E-state index contributed by atoms with van der Waals surface area (Å²) in [6.07, 6.45) is 3.80. The summed E-state index contributed by atoms with van der Waals surface area (Å²) in [5, 5.41) is 3.33. The van der Waals surface area contributed by atoms with Crippen LogP contribution >= 0.6 is 0 Å². The highest BCUT2D eigenvalue weighted by molar-refractivity contribution is 7.93. The minimum absolute atomic E-state index is 0.898. The van der Waals surface area contributed by atoms with E-state index >= 15 is 0 Å². The maximum atomic E-state index is 12.2. The first kappa shape index (κ1) is 10.5. The average molecular weight is 224 g/mol. The van der Waals surface area contributed by atoms with Crippen LogP contribution in [0, 0.1) is 0 Å². The second kappa shape index (κ2) is 3.85.